The van der Waals surface area contributed by atoms with E-state index in [0.717, 1.165) is 13.0 Å². The average molecular weight is 216 g/mol. The second-order valence-electron chi connectivity index (χ2n) is 5.18. The lowest BCUT2D eigenvalue weighted by molar-refractivity contribution is 0.488. The Morgan fingerprint density at radius 3 is 2.69 bits per heavy atom. The van der Waals surface area contributed by atoms with E-state index in [-0.39, 0.29) is 5.41 Å². The second-order valence-corrected chi connectivity index (χ2v) is 5.18. The Balaban J connectivity index is 2.45. The van der Waals surface area contributed by atoms with Crippen molar-refractivity contribution >= 4 is 10.9 Å². The molecule has 0 bridgehead atoms. The predicted molar refractivity (Wildman–Crippen MR) is 69.7 cm³/mol. The molecular weight excluding hydrogens is 196 g/mol. The number of hydrogen-bond acceptors (Lipinski definition) is 1. The van der Waals surface area contributed by atoms with E-state index in [1.54, 1.807) is 0 Å². The molecule has 3 N–H and O–H groups in total. The molecule has 16 heavy (non-hydrogen) atoms. The Bertz CT molecular complexity index is 494. The van der Waals surface area contributed by atoms with Crippen LogP contribution in [0.4, 0.5) is 0 Å². The van der Waals surface area contributed by atoms with E-state index in [2.05, 4.69) is 50.0 Å². The number of aromatic amines is 1. The molecule has 2 rings (SSSR count). The molecule has 2 aromatic rings. The zero-order valence-corrected chi connectivity index (χ0v) is 10.3. The molecule has 0 saturated heterocycles. The van der Waals surface area contributed by atoms with Gasteiger partial charge in [0.15, 0.2) is 0 Å². The van der Waals surface area contributed by atoms with Gasteiger partial charge >= 0.3 is 0 Å². The molecule has 0 fully saturated rings. The minimum Gasteiger partial charge on any atom is -0.359 e. The molecule has 1 aromatic heterocycles. The van der Waals surface area contributed by atoms with Gasteiger partial charge in [-0.3, -0.25) is 0 Å². The molecule has 0 spiro atoms. The predicted octanol–water partition coefficient (Wildman–Crippen LogP) is 3.10. The largest absolute Gasteiger partial charge is 0.359 e. The van der Waals surface area contributed by atoms with Crippen molar-refractivity contribution in [1.29, 1.82) is 0 Å². The van der Waals surface area contributed by atoms with Crippen LogP contribution in [0.15, 0.2) is 24.3 Å². The fourth-order valence-electron chi connectivity index (χ4n) is 2.20. The Labute approximate surface area is 96.9 Å². The standard InChI is InChI=1S/C14H20N2/c1-10-8-11-9-12(4-5-13(11)16-10)14(2,3)6-7-15/h4-5,8-9,16H,6-7,15H2,1-3H3. The van der Waals surface area contributed by atoms with Gasteiger partial charge < -0.3 is 10.7 Å². The van der Waals surface area contributed by atoms with E-state index in [1.165, 1.54) is 22.2 Å². The molecule has 0 radical (unpaired) electrons. The van der Waals surface area contributed by atoms with E-state index in [1.807, 2.05) is 0 Å². The van der Waals surface area contributed by atoms with Gasteiger partial charge in [-0.2, -0.15) is 0 Å². The third-order valence-electron chi connectivity index (χ3n) is 3.31. The number of rotatable bonds is 3. The third-order valence-corrected chi connectivity index (χ3v) is 3.31. The molecular formula is C14H20N2. The summed E-state index contributed by atoms with van der Waals surface area (Å²) in [7, 11) is 0. The molecule has 86 valence electrons. The minimum absolute atomic E-state index is 0.161. The molecule has 2 heteroatoms. The fraction of sp³-hybridized carbons (Fsp3) is 0.429. The summed E-state index contributed by atoms with van der Waals surface area (Å²) in [5, 5.41) is 1.29. The van der Waals surface area contributed by atoms with Gasteiger partial charge in [-0.1, -0.05) is 19.9 Å². The topological polar surface area (TPSA) is 41.8 Å². The molecule has 2 nitrogen and oxygen atoms in total. The molecule has 0 aliphatic rings. The van der Waals surface area contributed by atoms with Crippen molar-refractivity contribution in [3.63, 3.8) is 0 Å². The van der Waals surface area contributed by atoms with Gasteiger partial charge in [-0.05, 0) is 54.5 Å². The van der Waals surface area contributed by atoms with E-state index in [4.69, 9.17) is 5.73 Å². The summed E-state index contributed by atoms with van der Waals surface area (Å²) < 4.78 is 0. The minimum atomic E-state index is 0.161. The van der Waals surface area contributed by atoms with E-state index in [9.17, 15) is 0 Å². The maximum Gasteiger partial charge on any atom is 0.0456 e. The van der Waals surface area contributed by atoms with Crippen LogP contribution in [0.1, 0.15) is 31.5 Å². The molecule has 0 aliphatic carbocycles. The lowest BCUT2D eigenvalue weighted by atomic mass is 9.81. The number of H-pyrrole nitrogens is 1. The molecule has 0 atom stereocenters. The van der Waals surface area contributed by atoms with Gasteiger partial charge in [0.2, 0.25) is 0 Å². The van der Waals surface area contributed by atoms with Gasteiger partial charge in [0.25, 0.3) is 0 Å². The van der Waals surface area contributed by atoms with E-state index in [0.29, 0.717) is 0 Å². The smallest absolute Gasteiger partial charge is 0.0456 e. The normalized spacial score (nSPS) is 12.2. The highest BCUT2D eigenvalue weighted by atomic mass is 14.7. The number of aryl methyl sites for hydroxylation is 1. The molecule has 0 amide bonds. The number of nitrogens with one attached hydrogen (secondary N) is 1. The monoisotopic (exact) mass is 216 g/mol. The highest BCUT2D eigenvalue weighted by Crippen LogP contribution is 2.29. The average Bonchev–Trinajstić information content (AvgIpc) is 2.56. The van der Waals surface area contributed by atoms with Gasteiger partial charge in [0, 0.05) is 11.2 Å². The van der Waals surface area contributed by atoms with Gasteiger partial charge in [-0.25, -0.2) is 0 Å². The van der Waals surface area contributed by atoms with Crippen molar-refractivity contribution in [3.8, 4) is 0 Å². The zero-order chi connectivity index (χ0) is 11.8. The molecule has 0 saturated carbocycles. The Morgan fingerprint density at radius 1 is 1.25 bits per heavy atom. The molecule has 1 heterocycles. The Morgan fingerprint density at radius 2 is 2.00 bits per heavy atom. The van der Waals surface area contributed by atoms with Crippen LogP contribution < -0.4 is 5.73 Å². The van der Waals surface area contributed by atoms with E-state index >= 15 is 0 Å². The third kappa shape index (κ3) is 1.98. The van der Waals surface area contributed by atoms with Crippen molar-refractivity contribution in [2.24, 2.45) is 5.73 Å². The number of hydrogen-bond donors (Lipinski definition) is 2. The van der Waals surface area contributed by atoms with Crippen LogP contribution in [0.25, 0.3) is 10.9 Å². The van der Waals surface area contributed by atoms with Crippen molar-refractivity contribution in [1.82, 2.24) is 4.98 Å². The number of fused-ring (bicyclic) bond motifs is 1. The molecule has 1 aromatic carbocycles. The van der Waals surface area contributed by atoms with E-state index < -0.39 is 0 Å². The number of benzene rings is 1. The molecule has 0 aliphatic heterocycles. The van der Waals surface area contributed by atoms with Crippen molar-refractivity contribution in [2.75, 3.05) is 6.54 Å². The van der Waals surface area contributed by atoms with Crippen LogP contribution in [0.3, 0.4) is 0 Å². The summed E-state index contributed by atoms with van der Waals surface area (Å²) in [4.78, 5) is 3.34. The van der Waals surface area contributed by atoms with Crippen molar-refractivity contribution < 1.29 is 0 Å². The SMILES string of the molecule is Cc1cc2cc(C(C)(C)CCN)ccc2[nH]1. The van der Waals surface area contributed by atoms with Crippen LogP contribution in [-0.2, 0) is 5.41 Å². The lowest BCUT2D eigenvalue weighted by Gasteiger charge is -2.24. The van der Waals surface area contributed by atoms with Crippen LogP contribution in [0.5, 0.6) is 0 Å². The van der Waals surface area contributed by atoms with Gasteiger partial charge in [0.1, 0.15) is 0 Å². The first kappa shape index (κ1) is 11.2. The maximum absolute atomic E-state index is 5.66. The first-order valence-electron chi connectivity index (χ1n) is 5.83. The maximum atomic E-state index is 5.66. The van der Waals surface area contributed by atoms with Gasteiger partial charge in [-0.15, -0.1) is 0 Å². The summed E-state index contributed by atoms with van der Waals surface area (Å²) in [5.41, 5.74) is 9.61. The highest BCUT2D eigenvalue weighted by molar-refractivity contribution is 5.81. The van der Waals surface area contributed by atoms with Gasteiger partial charge in [0.05, 0.1) is 0 Å². The summed E-state index contributed by atoms with van der Waals surface area (Å²) >= 11 is 0. The second kappa shape index (κ2) is 3.95. The Hall–Kier alpha value is -1.28. The van der Waals surface area contributed by atoms with Crippen LogP contribution in [-0.4, -0.2) is 11.5 Å². The summed E-state index contributed by atoms with van der Waals surface area (Å²) in [6.45, 7) is 7.32. The van der Waals surface area contributed by atoms with Crippen LogP contribution >= 0.6 is 0 Å². The molecule has 0 unspecified atom stereocenters. The lowest BCUT2D eigenvalue weighted by Crippen LogP contribution is -2.21. The quantitative estimate of drug-likeness (QED) is 0.813. The summed E-state index contributed by atoms with van der Waals surface area (Å²) in [6.07, 6.45) is 1.02. The zero-order valence-electron chi connectivity index (χ0n) is 10.3. The van der Waals surface area contributed by atoms with Crippen molar-refractivity contribution in [2.45, 2.75) is 32.6 Å². The summed E-state index contributed by atoms with van der Waals surface area (Å²) in [5.74, 6) is 0. The highest BCUT2D eigenvalue weighted by Gasteiger charge is 2.19. The fourth-order valence-corrected chi connectivity index (χ4v) is 2.20. The number of aromatic nitrogens is 1. The first-order valence-corrected chi connectivity index (χ1v) is 5.83. The van der Waals surface area contributed by atoms with Crippen LogP contribution in [0, 0.1) is 6.92 Å². The van der Waals surface area contributed by atoms with Crippen molar-refractivity contribution in [3.05, 3.63) is 35.5 Å². The Kier molecular flexibility index (Phi) is 2.76. The number of nitrogens with two attached hydrogens (primary N) is 1. The summed E-state index contributed by atoms with van der Waals surface area (Å²) in [6, 6.07) is 8.83. The van der Waals surface area contributed by atoms with Crippen LogP contribution in [0.2, 0.25) is 0 Å². The first-order chi connectivity index (χ1) is 7.53.